The Morgan fingerprint density at radius 2 is 0.743 bits per heavy atom. The number of hydrogen-bond donors (Lipinski definition) is 2. The van der Waals surface area contributed by atoms with Gasteiger partial charge in [-0.3, -0.25) is 18.6 Å². The van der Waals surface area contributed by atoms with E-state index in [2.05, 4.69) is 123 Å². The van der Waals surface area contributed by atoms with Gasteiger partial charge in [-0.05, 0) is 103 Å². The fraction of sp³-hybridized carbons (Fsp3) is 0.688. The van der Waals surface area contributed by atoms with Gasteiger partial charge in [0, 0.05) is 19.4 Å². The number of rotatable bonds is 55. The molecule has 0 rings (SSSR count). The SMILES string of the molecule is CC/C=C\C/C=C\C/C=C\C/C=C\C/C=C\C/C=C\C/C=C\CCCCCCCCCCCCCCCCCC(=O)OC(COC(=O)CCCCCCC/C=C\C/C=C\CCCCCC)COP(=O)(O)OCCN. The summed E-state index contributed by atoms with van der Waals surface area (Å²) >= 11 is 0. The summed E-state index contributed by atoms with van der Waals surface area (Å²) < 4.78 is 33.0. The van der Waals surface area contributed by atoms with Crippen LogP contribution in [0.3, 0.4) is 0 Å². The van der Waals surface area contributed by atoms with Crippen LogP contribution in [0.4, 0.5) is 0 Å². The highest BCUT2D eigenvalue weighted by Crippen LogP contribution is 2.43. The van der Waals surface area contributed by atoms with Gasteiger partial charge in [-0.15, -0.1) is 0 Å². The third kappa shape index (κ3) is 57.9. The number of hydrogen-bond acceptors (Lipinski definition) is 8. The van der Waals surface area contributed by atoms with Crippen LogP contribution in [-0.2, 0) is 32.7 Å². The molecule has 0 saturated carbocycles. The highest BCUT2D eigenvalue weighted by Gasteiger charge is 2.26. The van der Waals surface area contributed by atoms with E-state index in [0.717, 1.165) is 103 Å². The minimum absolute atomic E-state index is 0.0478. The van der Waals surface area contributed by atoms with Crippen LogP contribution in [0, 0.1) is 0 Å². The third-order valence-corrected chi connectivity index (χ3v) is 13.4. The Labute approximate surface area is 454 Å². The van der Waals surface area contributed by atoms with E-state index in [0.29, 0.717) is 12.8 Å². The molecule has 0 aromatic carbocycles. The Morgan fingerprint density at radius 1 is 0.419 bits per heavy atom. The van der Waals surface area contributed by atoms with E-state index in [1.807, 2.05) is 0 Å². The number of carbonyl (C=O) groups excluding carboxylic acids is 2. The Bertz CT molecular complexity index is 1580. The van der Waals surface area contributed by atoms with Crippen LogP contribution in [0.15, 0.2) is 109 Å². The van der Waals surface area contributed by atoms with E-state index in [-0.39, 0.29) is 32.6 Å². The second-order valence-electron chi connectivity index (χ2n) is 19.5. The van der Waals surface area contributed by atoms with Crippen molar-refractivity contribution < 1.29 is 37.6 Å². The molecule has 74 heavy (non-hydrogen) atoms. The summed E-state index contributed by atoms with van der Waals surface area (Å²) in [7, 11) is -4.39. The van der Waals surface area contributed by atoms with Crippen molar-refractivity contribution >= 4 is 19.8 Å². The molecule has 9 nitrogen and oxygen atoms in total. The van der Waals surface area contributed by atoms with Gasteiger partial charge in [0.15, 0.2) is 6.10 Å². The van der Waals surface area contributed by atoms with Gasteiger partial charge in [0.2, 0.25) is 0 Å². The second-order valence-corrected chi connectivity index (χ2v) is 20.9. The molecule has 2 unspecified atom stereocenters. The normalized spacial score (nSPS) is 13.8. The van der Waals surface area contributed by atoms with Crippen LogP contribution >= 0.6 is 7.82 Å². The summed E-state index contributed by atoms with van der Waals surface area (Å²) in [5.41, 5.74) is 5.38. The lowest BCUT2D eigenvalue weighted by atomic mass is 10.0. The lowest BCUT2D eigenvalue weighted by Gasteiger charge is -2.19. The highest BCUT2D eigenvalue weighted by atomic mass is 31.2. The average molecular weight is 1050 g/mol. The van der Waals surface area contributed by atoms with E-state index in [1.165, 1.54) is 109 Å². The molecule has 0 saturated heterocycles. The van der Waals surface area contributed by atoms with Crippen LogP contribution in [0.5, 0.6) is 0 Å². The predicted molar refractivity (Wildman–Crippen MR) is 316 cm³/mol. The van der Waals surface area contributed by atoms with Crippen LogP contribution < -0.4 is 5.73 Å². The molecular weight excluding hydrogens is 942 g/mol. The summed E-state index contributed by atoms with van der Waals surface area (Å²) in [6, 6.07) is 0. The first kappa shape index (κ1) is 70.7. The topological polar surface area (TPSA) is 134 Å². The highest BCUT2D eigenvalue weighted by molar-refractivity contribution is 7.47. The average Bonchev–Trinajstić information content (AvgIpc) is 3.39. The molecule has 424 valence electrons. The summed E-state index contributed by atoms with van der Waals surface area (Å²) in [6.07, 6.45) is 80.1. The van der Waals surface area contributed by atoms with Crippen molar-refractivity contribution in [3.63, 3.8) is 0 Å². The Balaban J connectivity index is 3.92. The summed E-state index contributed by atoms with van der Waals surface area (Å²) in [4.78, 5) is 35.1. The molecule has 0 heterocycles. The first-order valence-electron chi connectivity index (χ1n) is 29.9. The van der Waals surface area contributed by atoms with Crippen molar-refractivity contribution in [2.45, 2.75) is 258 Å². The van der Waals surface area contributed by atoms with Crippen LogP contribution in [0.2, 0.25) is 0 Å². The maximum absolute atomic E-state index is 12.7. The molecule has 0 spiro atoms. The van der Waals surface area contributed by atoms with Crippen molar-refractivity contribution in [3.05, 3.63) is 109 Å². The largest absolute Gasteiger partial charge is 0.472 e. The Morgan fingerprint density at radius 3 is 1.11 bits per heavy atom. The van der Waals surface area contributed by atoms with E-state index >= 15 is 0 Å². The lowest BCUT2D eigenvalue weighted by Crippen LogP contribution is -2.29. The molecule has 0 aliphatic rings. The first-order chi connectivity index (χ1) is 36.3. The molecule has 0 aromatic rings. The standard InChI is InChI=1S/C64H110NO8P/c1-3-5-7-9-11-13-15-17-19-21-22-23-24-25-26-27-28-29-30-31-32-33-34-35-36-37-38-39-40-41-43-45-47-49-51-53-55-57-64(67)73-62(61-72-74(68,69)71-59-58-65)60-70-63(66)56-54-52-50-48-46-44-42-20-18-16-14-12-10-8-6-4-2/h5,7,11,13-14,16-17,19-20,22-23,25-26,28-29,31-32,42,62H,3-4,6,8-10,12,15,18,21,24,27,30,33-41,43-61,65H2,1-2H3,(H,68,69)/b7-5-,13-11-,16-14-,19-17-,23-22-,26-25-,29-28-,32-31-,42-20-. The molecule has 0 fully saturated rings. The Hall–Kier alpha value is -3.33. The molecule has 0 aliphatic carbocycles. The third-order valence-electron chi connectivity index (χ3n) is 12.4. The summed E-state index contributed by atoms with van der Waals surface area (Å²) in [5.74, 6) is -0.844. The first-order valence-corrected chi connectivity index (χ1v) is 31.4. The molecule has 0 aliphatic heterocycles. The van der Waals surface area contributed by atoms with E-state index < -0.39 is 32.5 Å². The number of carbonyl (C=O) groups is 2. The van der Waals surface area contributed by atoms with Crippen LogP contribution in [-0.4, -0.2) is 49.3 Å². The molecular formula is C64H110NO8P. The Kier molecular flexibility index (Phi) is 56.3. The number of unbranched alkanes of at least 4 members (excludes halogenated alkanes) is 24. The zero-order chi connectivity index (χ0) is 53.8. The number of esters is 2. The summed E-state index contributed by atoms with van der Waals surface area (Å²) in [5, 5.41) is 0. The molecule has 3 N–H and O–H groups in total. The van der Waals surface area contributed by atoms with Gasteiger partial charge in [-0.1, -0.05) is 245 Å². The zero-order valence-corrected chi connectivity index (χ0v) is 48.2. The lowest BCUT2D eigenvalue weighted by molar-refractivity contribution is -0.161. The molecule has 0 bridgehead atoms. The van der Waals surface area contributed by atoms with Crippen LogP contribution in [0.25, 0.3) is 0 Å². The monoisotopic (exact) mass is 1050 g/mol. The fourth-order valence-electron chi connectivity index (χ4n) is 8.00. The number of phosphoric acid groups is 1. The van der Waals surface area contributed by atoms with Crippen molar-refractivity contribution in [1.29, 1.82) is 0 Å². The minimum atomic E-state index is -4.39. The predicted octanol–water partition coefficient (Wildman–Crippen LogP) is 19.0. The maximum Gasteiger partial charge on any atom is 0.472 e. The quantitative estimate of drug-likeness (QED) is 0.0264. The van der Waals surface area contributed by atoms with E-state index in [4.69, 9.17) is 24.3 Å². The van der Waals surface area contributed by atoms with Gasteiger partial charge >= 0.3 is 19.8 Å². The molecule has 2 atom stereocenters. The van der Waals surface area contributed by atoms with Gasteiger partial charge in [-0.2, -0.15) is 0 Å². The summed E-state index contributed by atoms with van der Waals surface area (Å²) in [6.45, 7) is 3.60. The number of nitrogens with two attached hydrogens (primary N) is 1. The fourth-order valence-corrected chi connectivity index (χ4v) is 8.76. The molecule has 0 amide bonds. The van der Waals surface area contributed by atoms with Crippen molar-refractivity contribution in [2.75, 3.05) is 26.4 Å². The smallest absolute Gasteiger partial charge is 0.462 e. The second kappa shape index (κ2) is 58.9. The van der Waals surface area contributed by atoms with Gasteiger partial charge < -0.3 is 20.1 Å². The molecule has 0 aromatic heterocycles. The number of phosphoric ester groups is 1. The molecule has 10 heteroatoms. The van der Waals surface area contributed by atoms with Crippen molar-refractivity contribution in [2.24, 2.45) is 5.73 Å². The van der Waals surface area contributed by atoms with Gasteiger partial charge in [0.1, 0.15) is 6.61 Å². The zero-order valence-electron chi connectivity index (χ0n) is 47.3. The minimum Gasteiger partial charge on any atom is -0.462 e. The number of allylic oxidation sites excluding steroid dienone is 18. The maximum atomic E-state index is 12.7. The van der Waals surface area contributed by atoms with Gasteiger partial charge in [0.05, 0.1) is 13.2 Å². The number of ether oxygens (including phenoxy) is 2. The van der Waals surface area contributed by atoms with Crippen molar-refractivity contribution in [3.8, 4) is 0 Å². The van der Waals surface area contributed by atoms with Crippen LogP contribution in [0.1, 0.15) is 251 Å². The van der Waals surface area contributed by atoms with E-state index in [9.17, 15) is 19.0 Å². The molecule has 0 radical (unpaired) electrons. The van der Waals surface area contributed by atoms with E-state index in [1.54, 1.807) is 0 Å². The van der Waals surface area contributed by atoms with Gasteiger partial charge in [0.25, 0.3) is 0 Å². The van der Waals surface area contributed by atoms with Gasteiger partial charge in [-0.25, -0.2) is 4.57 Å². The van der Waals surface area contributed by atoms with Crippen molar-refractivity contribution in [1.82, 2.24) is 0 Å².